The van der Waals surface area contributed by atoms with Gasteiger partial charge in [0.2, 0.25) is 0 Å². The molecule has 0 radical (unpaired) electrons. The summed E-state index contributed by atoms with van der Waals surface area (Å²) in [5.41, 5.74) is 4.81. The monoisotopic (exact) mass is 693 g/mol. The normalized spacial score (nSPS) is 18.1. The van der Waals surface area contributed by atoms with Crippen LogP contribution >= 0.6 is 11.3 Å². The molecule has 0 N–H and O–H groups in total. The zero-order chi connectivity index (χ0) is 35.5. The largest absolute Gasteiger partial charge is 0.496 e. The van der Waals surface area contributed by atoms with E-state index in [9.17, 15) is 9.59 Å². The van der Waals surface area contributed by atoms with Gasteiger partial charge in [0.25, 0.3) is 0 Å². The molecule has 2 aliphatic heterocycles. The Morgan fingerprint density at radius 3 is 2.49 bits per heavy atom. The first-order valence-electron chi connectivity index (χ1n) is 17.1. The average molecular weight is 694 g/mol. The van der Waals surface area contributed by atoms with E-state index in [1.165, 1.54) is 0 Å². The van der Waals surface area contributed by atoms with E-state index < -0.39 is 11.2 Å². The fourth-order valence-corrected chi connectivity index (χ4v) is 7.16. The number of aromatic nitrogens is 1. The van der Waals surface area contributed by atoms with Gasteiger partial charge in [-0.2, -0.15) is 0 Å². The van der Waals surface area contributed by atoms with Crippen LogP contribution < -0.4 is 14.4 Å². The molecule has 49 heavy (non-hydrogen) atoms. The number of para-hydroxylation sites is 1. The number of hydrogen-bond acceptors (Lipinski definition) is 10. The highest BCUT2D eigenvalue weighted by molar-refractivity contribution is 7.14. The second-order valence-corrected chi connectivity index (χ2v) is 15.5. The van der Waals surface area contributed by atoms with Gasteiger partial charge in [-0.3, -0.25) is 4.79 Å². The van der Waals surface area contributed by atoms with Gasteiger partial charge >= 0.3 is 12.1 Å². The van der Waals surface area contributed by atoms with Gasteiger partial charge in [-0.05, 0) is 97.1 Å². The molecule has 1 fully saturated rings. The molecule has 2 aliphatic rings. The SMILES string of the molecule is CCO[C@@H]1CN(c2nc(-c3cccc(C)c3OCc3cc4c(c(OC)c3)CN(C(=O)OC(C)(C)C)CC4)cs2)CC[C@@H]1C(=O)OC(C)(C)C. The summed E-state index contributed by atoms with van der Waals surface area (Å²) in [6, 6.07) is 10.2. The van der Waals surface area contributed by atoms with Crippen LogP contribution in [0.4, 0.5) is 9.93 Å². The third-order valence-corrected chi connectivity index (χ3v) is 9.42. The molecule has 0 saturated carbocycles. The van der Waals surface area contributed by atoms with Crippen LogP contribution in [-0.4, -0.2) is 72.6 Å². The molecule has 0 spiro atoms. The number of benzene rings is 2. The van der Waals surface area contributed by atoms with Crippen molar-refractivity contribution in [2.24, 2.45) is 5.92 Å². The summed E-state index contributed by atoms with van der Waals surface area (Å²) in [4.78, 5) is 34.7. The van der Waals surface area contributed by atoms with Crippen LogP contribution in [0.1, 0.15) is 77.1 Å². The number of esters is 1. The van der Waals surface area contributed by atoms with E-state index >= 15 is 0 Å². The van der Waals surface area contributed by atoms with Crippen molar-refractivity contribution < 1.29 is 33.3 Å². The Bertz CT molecular complexity index is 1620. The van der Waals surface area contributed by atoms with Gasteiger partial charge in [0.15, 0.2) is 5.13 Å². The first-order chi connectivity index (χ1) is 23.2. The summed E-state index contributed by atoms with van der Waals surface area (Å²) in [7, 11) is 1.66. The average Bonchev–Trinajstić information content (AvgIpc) is 3.52. The number of aryl methyl sites for hydroxylation is 1. The molecule has 5 rings (SSSR count). The summed E-state index contributed by atoms with van der Waals surface area (Å²) in [5.74, 6) is 1.01. The van der Waals surface area contributed by atoms with Crippen molar-refractivity contribution in [3.63, 3.8) is 0 Å². The van der Waals surface area contributed by atoms with E-state index in [2.05, 4.69) is 16.3 Å². The number of ether oxygens (including phenoxy) is 5. The first-order valence-corrected chi connectivity index (χ1v) is 18.0. The van der Waals surface area contributed by atoms with Crippen molar-refractivity contribution in [1.29, 1.82) is 0 Å². The predicted molar refractivity (Wildman–Crippen MR) is 192 cm³/mol. The van der Waals surface area contributed by atoms with Gasteiger partial charge in [0, 0.05) is 42.7 Å². The molecule has 1 saturated heterocycles. The fraction of sp³-hybridized carbons (Fsp3) is 0.553. The van der Waals surface area contributed by atoms with Crippen LogP contribution in [0.5, 0.6) is 11.5 Å². The van der Waals surface area contributed by atoms with Gasteiger partial charge in [0.05, 0.1) is 31.4 Å². The number of hydrogen-bond donors (Lipinski definition) is 0. The zero-order valence-corrected chi connectivity index (χ0v) is 31.2. The number of carbonyl (C=O) groups is 2. The third kappa shape index (κ3) is 9.05. The smallest absolute Gasteiger partial charge is 0.410 e. The fourth-order valence-electron chi connectivity index (χ4n) is 6.30. The molecule has 11 heteroatoms. The van der Waals surface area contributed by atoms with Gasteiger partial charge < -0.3 is 33.5 Å². The van der Waals surface area contributed by atoms with Crippen molar-refractivity contribution >= 4 is 28.5 Å². The first kappa shape index (κ1) is 36.5. The summed E-state index contributed by atoms with van der Waals surface area (Å²) < 4.78 is 29.7. The lowest BCUT2D eigenvalue weighted by molar-refractivity contribution is -0.166. The second-order valence-electron chi connectivity index (χ2n) is 14.7. The molecular weight excluding hydrogens is 642 g/mol. The molecule has 2 aromatic carbocycles. The summed E-state index contributed by atoms with van der Waals surface area (Å²) in [5, 5.41) is 2.94. The maximum atomic E-state index is 13.0. The van der Waals surface area contributed by atoms with Crippen molar-refractivity contribution in [2.75, 3.05) is 38.3 Å². The van der Waals surface area contributed by atoms with Crippen LogP contribution in [0.2, 0.25) is 0 Å². The zero-order valence-electron chi connectivity index (χ0n) is 30.4. The number of rotatable bonds is 9. The molecule has 3 aromatic rings. The van der Waals surface area contributed by atoms with Gasteiger partial charge in [-0.15, -0.1) is 11.3 Å². The number of fused-ring (bicyclic) bond motifs is 1. The standard InChI is InChI=1S/C38H51N3O7S/c1-10-45-32-21-40(17-15-28(32)34(42)47-37(3,4)5)35-39-30(23-49-35)27-13-11-12-24(2)33(27)46-22-25-18-26-14-16-41(36(43)48-38(6,7)8)20-29(26)31(19-25)44-9/h11-13,18-19,23,28,32H,10,14-17,20-22H2,1-9H3/t28-,32+/m0/s1. The topological polar surface area (TPSA) is 99.7 Å². The lowest BCUT2D eigenvalue weighted by Crippen LogP contribution is -2.49. The molecular formula is C38H51N3O7S. The summed E-state index contributed by atoms with van der Waals surface area (Å²) >= 11 is 1.58. The van der Waals surface area contributed by atoms with Crippen molar-refractivity contribution in [3.8, 4) is 22.8 Å². The lowest BCUT2D eigenvalue weighted by atomic mass is 9.93. The maximum absolute atomic E-state index is 13.0. The molecule has 0 unspecified atom stereocenters. The highest BCUT2D eigenvalue weighted by Gasteiger charge is 2.38. The molecule has 1 aromatic heterocycles. The molecule has 266 valence electrons. The van der Waals surface area contributed by atoms with Gasteiger partial charge in [-0.1, -0.05) is 18.2 Å². The highest BCUT2D eigenvalue weighted by Crippen LogP contribution is 2.38. The van der Waals surface area contributed by atoms with Gasteiger partial charge in [0.1, 0.15) is 29.3 Å². The molecule has 2 atom stereocenters. The molecule has 1 amide bonds. The van der Waals surface area contributed by atoms with Crippen LogP contribution in [0, 0.1) is 12.8 Å². The Labute approximate surface area is 294 Å². The Kier molecular flexibility index (Phi) is 11.1. The van der Waals surface area contributed by atoms with Gasteiger partial charge in [-0.25, -0.2) is 9.78 Å². The molecule has 3 heterocycles. The van der Waals surface area contributed by atoms with Crippen molar-refractivity contribution in [2.45, 2.75) is 98.7 Å². The number of carbonyl (C=O) groups excluding carboxylic acids is 2. The number of thiazole rings is 1. The minimum atomic E-state index is -0.551. The minimum absolute atomic E-state index is 0.203. The summed E-state index contributed by atoms with van der Waals surface area (Å²) in [6.45, 7) is 18.4. The third-order valence-electron chi connectivity index (χ3n) is 8.52. The van der Waals surface area contributed by atoms with Crippen LogP contribution in [0.3, 0.4) is 0 Å². The van der Waals surface area contributed by atoms with E-state index in [-0.39, 0.29) is 24.1 Å². The maximum Gasteiger partial charge on any atom is 0.410 e. The van der Waals surface area contributed by atoms with Crippen molar-refractivity contribution in [3.05, 3.63) is 58.0 Å². The van der Waals surface area contributed by atoms with E-state index in [1.807, 2.05) is 79.7 Å². The van der Waals surface area contributed by atoms with E-state index in [0.717, 1.165) is 50.1 Å². The number of amides is 1. The second kappa shape index (κ2) is 15.0. The van der Waals surface area contributed by atoms with E-state index in [1.54, 1.807) is 23.3 Å². The number of methoxy groups -OCH3 is 1. The van der Waals surface area contributed by atoms with E-state index in [0.29, 0.717) is 52.2 Å². The number of piperidine rings is 1. The Balaban J connectivity index is 1.30. The highest BCUT2D eigenvalue weighted by atomic mass is 32.1. The van der Waals surface area contributed by atoms with Crippen LogP contribution in [0.25, 0.3) is 11.3 Å². The Hall–Kier alpha value is -3.83. The summed E-state index contributed by atoms with van der Waals surface area (Å²) in [6.07, 6.45) is 0.753. The lowest BCUT2D eigenvalue weighted by Gasteiger charge is -2.38. The van der Waals surface area contributed by atoms with Crippen LogP contribution in [0.15, 0.2) is 35.7 Å². The predicted octanol–water partition coefficient (Wildman–Crippen LogP) is 7.57. The molecule has 10 nitrogen and oxygen atoms in total. The Morgan fingerprint density at radius 1 is 1.04 bits per heavy atom. The number of nitrogens with zero attached hydrogens (tertiary/aromatic N) is 3. The minimum Gasteiger partial charge on any atom is -0.496 e. The Morgan fingerprint density at radius 2 is 1.80 bits per heavy atom. The quantitative estimate of drug-likeness (QED) is 0.210. The van der Waals surface area contributed by atoms with Crippen molar-refractivity contribution in [1.82, 2.24) is 9.88 Å². The molecule has 0 bridgehead atoms. The number of anilines is 1. The van der Waals surface area contributed by atoms with Crippen LogP contribution in [-0.2, 0) is 38.6 Å². The van der Waals surface area contributed by atoms with E-state index in [4.69, 9.17) is 28.7 Å². The molecule has 0 aliphatic carbocycles.